The summed E-state index contributed by atoms with van der Waals surface area (Å²) in [5, 5.41) is 10.6. The van der Waals surface area contributed by atoms with Crippen molar-refractivity contribution in [3.63, 3.8) is 0 Å². The zero-order valence-electron chi connectivity index (χ0n) is 15.9. The van der Waals surface area contributed by atoms with Crippen LogP contribution in [0, 0.1) is 13.8 Å². The van der Waals surface area contributed by atoms with Crippen LogP contribution in [0.15, 0.2) is 57.0 Å². The Labute approximate surface area is 161 Å². The van der Waals surface area contributed by atoms with Gasteiger partial charge < -0.3 is 9.84 Å². The highest BCUT2D eigenvalue weighted by atomic mass is 16.5. The molecular formula is C21H21N3O4. The number of aromatic nitrogens is 2. The van der Waals surface area contributed by atoms with E-state index < -0.39 is 17.1 Å². The fourth-order valence-electron chi connectivity index (χ4n) is 2.76. The van der Waals surface area contributed by atoms with Crippen LogP contribution in [0.5, 0.6) is 11.6 Å². The zero-order valence-corrected chi connectivity index (χ0v) is 15.9. The number of benzene rings is 2. The lowest BCUT2D eigenvalue weighted by Crippen LogP contribution is -2.31. The van der Waals surface area contributed by atoms with E-state index in [1.807, 2.05) is 39.0 Å². The van der Waals surface area contributed by atoms with E-state index in [2.05, 4.69) is 9.98 Å². The van der Waals surface area contributed by atoms with Gasteiger partial charge in [0, 0.05) is 6.21 Å². The van der Waals surface area contributed by atoms with Gasteiger partial charge in [-0.15, -0.1) is 0 Å². The molecular weight excluding hydrogens is 358 g/mol. The molecule has 0 aliphatic heterocycles. The summed E-state index contributed by atoms with van der Waals surface area (Å²) in [5.74, 6) is 0.159. The first-order chi connectivity index (χ1) is 13.4. The smallest absolute Gasteiger partial charge is 0.335 e. The third kappa shape index (κ3) is 3.73. The molecule has 0 atom stereocenters. The van der Waals surface area contributed by atoms with Crippen LogP contribution in [0.1, 0.15) is 23.6 Å². The Morgan fingerprint density at radius 2 is 1.86 bits per heavy atom. The maximum absolute atomic E-state index is 12.3. The maximum Gasteiger partial charge on any atom is 0.335 e. The van der Waals surface area contributed by atoms with Crippen molar-refractivity contribution >= 4 is 11.9 Å². The average molecular weight is 379 g/mol. The number of H-pyrrole nitrogens is 1. The van der Waals surface area contributed by atoms with E-state index in [1.54, 1.807) is 24.3 Å². The van der Waals surface area contributed by atoms with Crippen molar-refractivity contribution in [2.75, 3.05) is 6.61 Å². The fourth-order valence-corrected chi connectivity index (χ4v) is 2.76. The van der Waals surface area contributed by atoms with Crippen LogP contribution in [-0.4, -0.2) is 27.5 Å². The van der Waals surface area contributed by atoms with Crippen molar-refractivity contribution in [3.8, 4) is 17.3 Å². The number of hydrogen-bond acceptors (Lipinski definition) is 5. The predicted molar refractivity (Wildman–Crippen MR) is 109 cm³/mol. The van der Waals surface area contributed by atoms with Crippen molar-refractivity contribution in [2.45, 2.75) is 20.8 Å². The molecule has 0 saturated carbocycles. The second kappa shape index (κ2) is 7.96. The van der Waals surface area contributed by atoms with Crippen molar-refractivity contribution in [1.82, 2.24) is 9.55 Å². The average Bonchev–Trinajstić information content (AvgIpc) is 2.66. The molecule has 3 aromatic rings. The molecule has 1 heterocycles. The van der Waals surface area contributed by atoms with Gasteiger partial charge in [-0.3, -0.25) is 14.8 Å². The highest BCUT2D eigenvalue weighted by molar-refractivity contribution is 5.84. The Bertz CT molecular complexity index is 1140. The van der Waals surface area contributed by atoms with E-state index in [0.29, 0.717) is 23.7 Å². The molecule has 0 amide bonds. The van der Waals surface area contributed by atoms with E-state index >= 15 is 0 Å². The normalized spacial score (nSPS) is 11.1. The summed E-state index contributed by atoms with van der Waals surface area (Å²) < 4.78 is 6.39. The van der Waals surface area contributed by atoms with E-state index in [4.69, 9.17) is 4.74 Å². The Morgan fingerprint density at radius 1 is 1.14 bits per heavy atom. The van der Waals surface area contributed by atoms with Crippen LogP contribution < -0.4 is 16.0 Å². The number of rotatable bonds is 5. The first-order valence-electron chi connectivity index (χ1n) is 8.84. The molecule has 2 N–H and O–H groups in total. The third-order valence-electron chi connectivity index (χ3n) is 4.44. The molecule has 7 nitrogen and oxygen atoms in total. The number of hydrogen-bond donors (Lipinski definition) is 2. The van der Waals surface area contributed by atoms with Gasteiger partial charge in [0.05, 0.1) is 18.0 Å². The van der Waals surface area contributed by atoms with Gasteiger partial charge in [-0.2, -0.15) is 0 Å². The highest BCUT2D eigenvalue weighted by Gasteiger charge is 2.14. The summed E-state index contributed by atoms with van der Waals surface area (Å²) in [6.07, 6.45) is 1.26. The van der Waals surface area contributed by atoms with Gasteiger partial charge in [0.2, 0.25) is 5.88 Å². The maximum atomic E-state index is 12.3. The van der Waals surface area contributed by atoms with Crippen molar-refractivity contribution in [2.24, 2.45) is 4.99 Å². The Balaban J connectivity index is 2.07. The predicted octanol–water partition coefficient (Wildman–Crippen LogP) is 3.00. The van der Waals surface area contributed by atoms with Crippen LogP contribution in [0.25, 0.3) is 5.69 Å². The van der Waals surface area contributed by atoms with Gasteiger partial charge in [-0.05, 0) is 62.2 Å². The molecule has 1 aromatic heterocycles. The molecule has 0 unspecified atom stereocenters. The summed E-state index contributed by atoms with van der Waals surface area (Å²) in [7, 11) is 0. The topological polar surface area (TPSA) is 96.7 Å². The number of aliphatic imine (C=N–C) groups is 1. The molecule has 28 heavy (non-hydrogen) atoms. The summed E-state index contributed by atoms with van der Waals surface area (Å²) >= 11 is 0. The summed E-state index contributed by atoms with van der Waals surface area (Å²) in [6, 6.07) is 12.2. The first-order valence-corrected chi connectivity index (χ1v) is 8.84. The summed E-state index contributed by atoms with van der Waals surface area (Å²) in [5.41, 5.74) is 1.55. The van der Waals surface area contributed by atoms with Crippen LogP contribution in [0.4, 0.5) is 5.69 Å². The standard InChI is InChI=1S/C21H21N3O4/c1-4-28-16-10-8-15(9-11-16)24-20(26)17(19(25)23-21(24)27)12-22-18-7-5-6-13(2)14(18)3/h5-12,26H,4H2,1-3H3,(H,23,25,27). The van der Waals surface area contributed by atoms with Gasteiger partial charge in [0.1, 0.15) is 11.3 Å². The molecule has 0 saturated heterocycles. The SMILES string of the molecule is CCOc1ccc(-n2c(O)c(C=Nc3cccc(C)c3C)c(=O)[nH]c2=O)cc1. The number of aromatic hydroxyl groups is 1. The lowest BCUT2D eigenvalue weighted by atomic mass is 10.1. The van der Waals surface area contributed by atoms with Gasteiger partial charge in [-0.25, -0.2) is 9.36 Å². The molecule has 7 heteroatoms. The Morgan fingerprint density at radius 3 is 2.54 bits per heavy atom. The molecule has 2 aromatic carbocycles. The second-order valence-electron chi connectivity index (χ2n) is 6.24. The van der Waals surface area contributed by atoms with Crippen molar-refractivity contribution in [3.05, 3.63) is 80.0 Å². The lowest BCUT2D eigenvalue weighted by Gasteiger charge is -2.10. The van der Waals surface area contributed by atoms with Crippen molar-refractivity contribution < 1.29 is 9.84 Å². The first kappa shape index (κ1) is 19.2. The number of aromatic amines is 1. The van der Waals surface area contributed by atoms with E-state index in [9.17, 15) is 14.7 Å². The monoisotopic (exact) mass is 379 g/mol. The molecule has 144 valence electrons. The third-order valence-corrected chi connectivity index (χ3v) is 4.44. The van der Waals surface area contributed by atoms with Gasteiger partial charge in [0.25, 0.3) is 5.56 Å². The van der Waals surface area contributed by atoms with Crippen molar-refractivity contribution in [1.29, 1.82) is 0 Å². The van der Waals surface area contributed by atoms with Gasteiger partial charge in [-0.1, -0.05) is 12.1 Å². The molecule has 0 fully saturated rings. The molecule has 0 bridgehead atoms. The molecule has 3 rings (SSSR count). The largest absolute Gasteiger partial charge is 0.494 e. The second-order valence-corrected chi connectivity index (χ2v) is 6.24. The highest BCUT2D eigenvalue weighted by Crippen LogP contribution is 2.22. The zero-order chi connectivity index (χ0) is 20.3. The van der Waals surface area contributed by atoms with Crippen LogP contribution in [0.3, 0.4) is 0 Å². The van der Waals surface area contributed by atoms with E-state index in [1.165, 1.54) is 6.21 Å². The van der Waals surface area contributed by atoms with Gasteiger partial charge in [0.15, 0.2) is 0 Å². The minimum absolute atomic E-state index is 0.102. The Kier molecular flexibility index (Phi) is 5.44. The molecule has 0 aliphatic carbocycles. The number of ether oxygens (including phenoxy) is 1. The lowest BCUT2D eigenvalue weighted by molar-refractivity contribution is 0.340. The fraction of sp³-hybridized carbons (Fsp3) is 0.190. The Hall–Kier alpha value is -3.61. The van der Waals surface area contributed by atoms with Crippen LogP contribution in [-0.2, 0) is 0 Å². The minimum Gasteiger partial charge on any atom is -0.494 e. The van der Waals surface area contributed by atoms with E-state index in [0.717, 1.165) is 15.7 Å². The van der Waals surface area contributed by atoms with Crippen LogP contribution >= 0.6 is 0 Å². The summed E-state index contributed by atoms with van der Waals surface area (Å²) in [4.78, 5) is 31.0. The molecule has 0 spiro atoms. The quantitative estimate of drug-likeness (QED) is 0.666. The molecule has 0 radical (unpaired) electrons. The minimum atomic E-state index is -0.740. The van der Waals surface area contributed by atoms with Crippen LogP contribution in [0.2, 0.25) is 0 Å². The molecule has 0 aliphatic rings. The van der Waals surface area contributed by atoms with E-state index in [-0.39, 0.29) is 5.56 Å². The van der Waals surface area contributed by atoms with Gasteiger partial charge >= 0.3 is 5.69 Å². The summed E-state index contributed by atoms with van der Waals surface area (Å²) in [6.45, 7) is 6.27. The number of aryl methyl sites for hydroxylation is 1. The number of nitrogens with zero attached hydrogens (tertiary/aromatic N) is 2. The number of nitrogens with one attached hydrogen (secondary N) is 1.